The highest BCUT2D eigenvalue weighted by molar-refractivity contribution is 4.79. The summed E-state index contributed by atoms with van der Waals surface area (Å²) in [6.45, 7) is -1.45. The van der Waals surface area contributed by atoms with E-state index in [0.717, 1.165) is 0 Å². The lowest BCUT2D eigenvalue weighted by molar-refractivity contribution is -0.123. The van der Waals surface area contributed by atoms with E-state index in [2.05, 4.69) is 0 Å². The molecule has 0 rings (SSSR count). The van der Waals surface area contributed by atoms with Crippen molar-refractivity contribution >= 4 is 0 Å². The predicted molar refractivity (Wildman–Crippen MR) is 38.2 cm³/mol. The second-order valence-electron chi connectivity index (χ2n) is 2.48. The first kappa shape index (κ1) is 11.8. The van der Waals surface area contributed by atoms with Crippen molar-refractivity contribution in [3.05, 3.63) is 0 Å². The first-order valence-corrected chi connectivity index (χ1v) is 3.48. The lowest BCUT2D eigenvalue weighted by Gasteiger charge is -2.24. The molecule has 0 saturated carbocycles. The molecule has 0 radical (unpaired) electrons. The summed E-state index contributed by atoms with van der Waals surface area (Å²) in [6, 6.07) is 0. The summed E-state index contributed by atoms with van der Waals surface area (Å²) in [4.78, 5) is 0. The third-order valence-electron chi connectivity index (χ3n) is 1.51. The fourth-order valence-corrected chi connectivity index (χ4v) is 0.671. The molecule has 0 aliphatic rings. The Morgan fingerprint density at radius 2 is 0.917 bits per heavy atom. The topological polar surface area (TPSA) is 121 Å². The van der Waals surface area contributed by atoms with Crippen LogP contribution in [-0.4, -0.2) is 68.3 Å². The molecular formula is C6H14O6. The Morgan fingerprint density at radius 3 is 1.08 bits per heavy atom. The number of hydrogen-bond donors (Lipinski definition) is 6. The SMILES string of the molecule is OC[C@@H](O)[C@@H](O)[C@H](O)[C@@H](O)[13CH2]O. The van der Waals surface area contributed by atoms with Crippen LogP contribution in [0.5, 0.6) is 0 Å². The molecule has 74 valence electrons. The van der Waals surface area contributed by atoms with Gasteiger partial charge in [0.1, 0.15) is 24.4 Å². The summed E-state index contributed by atoms with van der Waals surface area (Å²) < 4.78 is 0. The minimum Gasteiger partial charge on any atom is -0.394 e. The molecule has 0 heterocycles. The van der Waals surface area contributed by atoms with Crippen LogP contribution in [0.1, 0.15) is 0 Å². The standard InChI is InChI=1S/C6H14O6/c7-1-3(9)5(11)6(12)4(10)2-8/h3-12H,1-2H2/t3-,4+,5-,6-/m1/s1/i1+1/t3-,4+,5+,6+/m0. The molecule has 0 unspecified atom stereocenters. The fraction of sp³-hybridized carbons (Fsp3) is 1.00. The van der Waals surface area contributed by atoms with Crippen molar-refractivity contribution in [2.75, 3.05) is 13.2 Å². The molecule has 0 bridgehead atoms. The molecular weight excluding hydrogens is 169 g/mol. The molecule has 4 atom stereocenters. The minimum absolute atomic E-state index is 0.726. The van der Waals surface area contributed by atoms with Crippen molar-refractivity contribution < 1.29 is 30.6 Å². The highest BCUT2D eigenvalue weighted by atomic mass is 16.4. The van der Waals surface area contributed by atoms with Gasteiger partial charge in [-0.25, -0.2) is 0 Å². The zero-order valence-electron chi connectivity index (χ0n) is 6.41. The van der Waals surface area contributed by atoms with Crippen molar-refractivity contribution in [2.45, 2.75) is 24.4 Å². The molecule has 12 heavy (non-hydrogen) atoms. The molecule has 0 spiro atoms. The molecule has 0 fully saturated rings. The van der Waals surface area contributed by atoms with Gasteiger partial charge < -0.3 is 30.6 Å². The molecule has 0 amide bonds. The van der Waals surface area contributed by atoms with Gasteiger partial charge in [-0.15, -0.1) is 0 Å². The lowest BCUT2D eigenvalue weighted by Crippen LogP contribution is -2.46. The number of rotatable bonds is 5. The van der Waals surface area contributed by atoms with Gasteiger partial charge in [0, 0.05) is 0 Å². The molecule has 0 aromatic carbocycles. The van der Waals surface area contributed by atoms with Gasteiger partial charge >= 0.3 is 0 Å². The van der Waals surface area contributed by atoms with E-state index in [-0.39, 0.29) is 0 Å². The van der Waals surface area contributed by atoms with Crippen LogP contribution in [-0.2, 0) is 0 Å². The Morgan fingerprint density at radius 1 is 0.667 bits per heavy atom. The number of aliphatic hydroxyl groups excluding tert-OH is 6. The van der Waals surface area contributed by atoms with Gasteiger partial charge in [0.2, 0.25) is 0 Å². The van der Waals surface area contributed by atoms with Gasteiger partial charge in [-0.3, -0.25) is 0 Å². The molecule has 6 N–H and O–H groups in total. The Balaban J connectivity index is 3.99. The molecule has 6 heteroatoms. The Labute approximate surface area is 69.3 Å². The molecule has 0 aromatic rings. The first-order valence-electron chi connectivity index (χ1n) is 3.48. The van der Waals surface area contributed by atoms with E-state index in [1.807, 2.05) is 0 Å². The van der Waals surface area contributed by atoms with Crippen LogP contribution >= 0.6 is 0 Å². The molecule has 0 aromatic heterocycles. The quantitative estimate of drug-likeness (QED) is 0.245. The lowest BCUT2D eigenvalue weighted by atomic mass is 10.1. The first-order chi connectivity index (χ1) is 5.54. The third kappa shape index (κ3) is 3.02. The predicted octanol–water partition coefficient (Wildman–Crippen LogP) is -3.59. The maximum atomic E-state index is 8.96. The highest BCUT2D eigenvalue weighted by Gasteiger charge is 2.29. The van der Waals surface area contributed by atoms with E-state index < -0.39 is 37.6 Å². The van der Waals surface area contributed by atoms with Crippen molar-refractivity contribution in [1.82, 2.24) is 0 Å². The monoisotopic (exact) mass is 183 g/mol. The average molecular weight is 183 g/mol. The van der Waals surface area contributed by atoms with E-state index >= 15 is 0 Å². The van der Waals surface area contributed by atoms with Gasteiger partial charge in [-0.05, 0) is 0 Å². The van der Waals surface area contributed by atoms with Crippen LogP contribution in [0.25, 0.3) is 0 Å². The second-order valence-corrected chi connectivity index (χ2v) is 2.48. The maximum Gasteiger partial charge on any atom is 0.111 e. The van der Waals surface area contributed by atoms with Gasteiger partial charge in [0.25, 0.3) is 0 Å². The van der Waals surface area contributed by atoms with Crippen LogP contribution < -0.4 is 0 Å². The van der Waals surface area contributed by atoms with Gasteiger partial charge in [0.15, 0.2) is 0 Å². The zero-order valence-corrected chi connectivity index (χ0v) is 6.41. The molecule has 0 aliphatic heterocycles. The average Bonchev–Trinajstić information content (AvgIpc) is 2.12. The summed E-state index contributed by atoms with van der Waals surface area (Å²) in [7, 11) is 0. The van der Waals surface area contributed by atoms with Crippen LogP contribution in [0.2, 0.25) is 0 Å². The van der Waals surface area contributed by atoms with Crippen LogP contribution in [0.15, 0.2) is 0 Å². The van der Waals surface area contributed by atoms with Crippen LogP contribution in [0.4, 0.5) is 0 Å². The normalized spacial score (nSPS) is 21.5. The van der Waals surface area contributed by atoms with E-state index in [0.29, 0.717) is 0 Å². The van der Waals surface area contributed by atoms with Crippen molar-refractivity contribution in [3.63, 3.8) is 0 Å². The second kappa shape index (κ2) is 5.41. The summed E-state index contributed by atoms with van der Waals surface area (Å²) in [5.74, 6) is 0. The van der Waals surface area contributed by atoms with Gasteiger partial charge in [0.05, 0.1) is 13.2 Å². The van der Waals surface area contributed by atoms with Crippen molar-refractivity contribution in [2.24, 2.45) is 0 Å². The Hall–Kier alpha value is -0.240. The van der Waals surface area contributed by atoms with E-state index in [9.17, 15) is 0 Å². The summed E-state index contributed by atoms with van der Waals surface area (Å²) in [6.07, 6.45) is -6.39. The van der Waals surface area contributed by atoms with E-state index in [1.165, 1.54) is 0 Å². The van der Waals surface area contributed by atoms with Gasteiger partial charge in [-0.2, -0.15) is 0 Å². The van der Waals surface area contributed by atoms with Gasteiger partial charge in [-0.1, -0.05) is 0 Å². The number of hydrogen-bond acceptors (Lipinski definition) is 6. The maximum absolute atomic E-state index is 8.96. The molecule has 0 aliphatic carbocycles. The van der Waals surface area contributed by atoms with E-state index in [1.54, 1.807) is 0 Å². The highest BCUT2D eigenvalue weighted by Crippen LogP contribution is 2.03. The molecule has 0 saturated heterocycles. The van der Waals surface area contributed by atoms with Crippen LogP contribution in [0, 0.1) is 0 Å². The smallest absolute Gasteiger partial charge is 0.111 e. The number of aliphatic hydroxyl groups is 6. The molecule has 6 nitrogen and oxygen atoms in total. The Bertz CT molecular complexity index is 105. The Kier molecular flexibility index (Phi) is 5.31. The third-order valence-corrected chi connectivity index (χ3v) is 1.51. The summed E-state index contributed by atoms with van der Waals surface area (Å²) in [5.41, 5.74) is 0. The van der Waals surface area contributed by atoms with Crippen LogP contribution in [0.3, 0.4) is 0 Å². The van der Waals surface area contributed by atoms with E-state index in [4.69, 9.17) is 30.6 Å². The summed E-state index contributed by atoms with van der Waals surface area (Å²) >= 11 is 0. The van der Waals surface area contributed by atoms with Crippen molar-refractivity contribution in [3.8, 4) is 0 Å². The minimum atomic E-state index is -1.67. The fourth-order valence-electron chi connectivity index (χ4n) is 0.671. The summed E-state index contributed by atoms with van der Waals surface area (Å²) in [5, 5.41) is 52.2. The largest absolute Gasteiger partial charge is 0.394 e. The van der Waals surface area contributed by atoms with Crippen molar-refractivity contribution in [1.29, 1.82) is 0 Å². The zero-order chi connectivity index (χ0) is 9.72.